The summed E-state index contributed by atoms with van der Waals surface area (Å²) >= 11 is 0. The van der Waals surface area contributed by atoms with Crippen LogP contribution in [0.25, 0.3) is 0 Å². The third-order valence-electron chi connectivity index (χ3n) is 5.41. The van der Waals surface area contributed by atoms with Gasteiger partial charge in [-0.1, -0.05) is 26.0 Å². The highest BCUT2D eigenvalue weighted by atomic mass is 19.2. The van der Waals surface area contributed by atoms with Crippen LogP contribution in [0.5, 0.6) is 0 Å². The Morgan fingerprint density at radius 3 is 2.55 bits per heavy atom. The molecular weight excluding hydrogens is 372 g/mol. The zero-order valence-corrected chi connectivity index (χ0v) is 17.1. The van der Waals surface area contributed by atoms with Gasteiger partial charge in [-0.3, -0.25) is 14.7 Å². The molecule has 0 saturated carbocycles. The molecule has 29 heavy (non-hydrogen) atoms. The zero-order valence-electron chi connectivity index (χ0n) is 17.1. The van der Waals surface area contributed by atoms with Crippen molar-refractivity contribution in [3.8, 4) is 0 Å². The second-order valence-corrected chi connectivity index (χ2v) is 8.26. The highest BCUT2D eigenvalue weighted by Gasteiger charge is 2.29. The highest BCUT2D eigenvalue weighted by Crippen LogP contribution is 2.31. The molecule has 0 unspecified atom stereocenters. The number of benzene rings is 1. The Morgan fingerprint density at radius 1 is 1.17 bits per heavy atom. The third-order valence-corrected chi connectivity index (χ3v) is 5.41. The fourth-order valence-electron chi connectivity index (χ4n) is 3.94. The topological polar surface area (TPSA) is 45.2 Å². The van der Waals surface area contributed by atoms with E-state index in [-0.39, 0.29) is 11.9 Å². The van der Waals surface area contributed by atoms with Gasteiger partial charge >= 0.3 is 0 Å². The molecule has 4 nitrogen and oxygen atoms in total. The van der Waals surface area contributed by atoms with Crippen LogP contribution in [0, 0.1) is 23.5 Å². The van der Waals surface area contributed by atoms with Crippen LogP contribution in [-0.2, 0) is 11.3 Å². The molecule has 1 aliphatic heterocycles. The van der Waals surface area contributed by atoms with Gasteiger partial charge in [0.15, 0.2) is 11.6 Å². The maximum absolute atomic E-state index is 13.5. The number of likely N-dealkylation sites (tertiary alicyclic amines) is 1. The normalized spacial score (nSPS) is 16.7. The molecule has 0 aliphatic carbocycles. The van der Waals surface area contributed by atoms with Gasteiger partial charge in [0.25, 0.3) is 0 Å². The minimum absolute atomic E-state index is 0.0554. The molecule has 1 fully saturated rings. The van der Waals surface area contributed by atoms with Crippen molar-refractivity contribution in [1.29, 1.82) is 0 Å². The van der Waals surface area contributed by atoms with Crippen molar-refractivity contribution in [3.63, 3.8) is 0 Å². The van der Waals surface area contributed by atoms with Crippen LogP contribution < -0.4 is 5.32 Å². The first-order valence-electron chi connectivity index (χ1n) is 10.3. The minimum Gasteiger partial charge on any atom is -0.347 e. The Kier molecular flexibility index (Phi) is 7.31. The minimum atomic E-state index is -0.817. The summed E-state index contributed by atoms with van der Waals surface area (Å²) in [5, 5.41) is 3.20. The van der Waals surface area contributed by atoms with E-state index in [0.29, 0.717) is 24.8 Å². The molecule has 0 spiro atoms. The first kappa shape index (κ1) is 21.4. The summed E-state index contributed by atoms with van der Waals surface area (Å²) in [5.74, 6) is -0.970. The molecule has 1 aliphatic rings. The summed E-state index contributed by atoms with van der Waals surface area (Å²) in [4.78, 5) is 19.2. The number of pyridine rings is 1. The van der Waals surface area contributed by atoms with Crippen molar-refractivity contribution >= 4 is 5.91 Å². The van der Waals surface area contributed by atoms with Crippen molar-refractivity contribution in [2.45, 2.75) is 45.7 Å². The number of carbonyl (C=O) groups is 1. The summed E-state index contributed by atoms with van der Waals surface area (Å²) in [6.07, 6.45) is 4.08. The lowest BCUT2D eigenvalue weighted by molar-refractivity contribution is -0.123. The van der Waals surface area contributed by atoms with Gasteiger partial charge < -0.3 is 5.32 Å². The van der Waals surface area contributed by atoms with Crippen molar-refractivity contribution < 1.29 is 13.6 Å². The summed E-state index contributed by atoms with van der Waals surface area (Å²) in [6.45, 7) is 6.34. The van der Waals surface area contributed by atoms with E-state index in [2.05, 4.69) is 15.2 Å². The number of rotatable bonds is 7. The first-order chi connectivity index (χ1) is 13.9. The lowest BCUT2D eigenvalue weighted by Crippen LogP contribution is -2.41. The number of amides is 1. The molecule has 0 bridgehead atoms. The molecule has 156 valence electrons. The van der Waals surface area contributed by atoms with Crippen LogP contribution >= 0.6 is 0 Å². The van der Waals surface area contributed by atoms with Crippen molar-refractivity contribution in [2.75, 3.05) is 13.1 Å². The fraction of sp³-hybridized carbons (Fsp3) is 0.478. The summed E-state index contributed by atoms with van der Waals surface area (Å²) in [6, 6.07) is 9.76. The third kappa shape index (κ3) is 6.07. The van der Waals surface area contributed by atoms with Crippen LogP contribution in [0.2, 0.25) is 0 Å². The summed E-state index contributed by atoms with van der Waals surface area (Å²) in [7, 11) is 0. The van der Waals surface area contributed by atoms with Gasteiger partial charge in [-0.15, -0.1) is 0 Å². The van der Waals surface area contributed by atoms with Gasteiger partial charge in [0.05, 0.1) is 11.7 Å². The molecular formula is C23H29F2N3O. The van der Waals surface area contributed by atoms with Crippen molar-refractivity contribution in [3.05, 3.63) is 65.5 Å². The van der Waals surface area contributed by atoms with Crippen LogP contribution in [0.15, 0.2) is 42.6 Å². The average Bonchev–Trinajstić information content (AvgIpc) is 2.70. The molecule has 6 heteroatoms. The number of nitrogens with zero attached hydrogens (tertiary/aromatic N) is 2. The molecule has 1 atom stereocenters. The van der Waals surface area contributed by atoms with Gasteiger partial charge in [-0.2, -0.15) is 0 Å². The molecule has 1 amide bonds. The molecule has 3 rings (SSSR count). The highest BCUT2D eigenvalue weighted by molar-refractivity contribution is 5.76. The fourth-order valence-corrected chi connectivity index (χ4v) is 3.94. The van der Waals surface area contributed by atoms with E-state index in [1.54, 1.807) is 12.3 Å². The molecule has 1 N–H and O–H groups in total. The monoisotopic (exact) mass is 401 g/mol. The van der Waals surface area contributed by atoms with Gasteiger partial charge in [0.2, 0.25) is 5.91 Å². The largest absolute Gasteiger partial charge is 0.347 e. The van der Waals surface area contributed by atoms with Gasteiger partial charge in [-0.05, 0) is 67.6 Å². The second-order valence-electron chi connectivity index (χ2n) is 8.26. The van der Waals surface area contributed by atoms with E-state index in [0.717, 1.165) is 37.2 Å². The van der Waals surface area contributed by atoms with Gasteiger partial charge in [0.1, 0.15) is 0 Å². The van der Waals surface area contributed by atoms with Gasteiger partial charge in [-0.25, -0.2) is 8.78 Å². The number of hydrogen-bond acceptors (Lipinski definition) is 3. The van der Waals surface area contributed by atoms with E-state index in [1.807, 2.05) is 32.0 Å². The van der Waals surface area contributed by atoms with Gasteiger partial charge in [0, 0.05) is 19.2 Å². The smallest absolute Gasteiger partial charge is 0.220 e. The number of piperidine rings is 1. The lowest BCUT2D eigenvalue weighted by Gasteiger charge is -2.36. The zero-order chi connectivity index (χ0) is 20.8. The standard InChI is InChI=1S/C23H29F2N3O/c1-16(2)13-22(29)27-23(21-5-3-4-10-26-21)18-8-11-28(12-9-18)15-17-6-7-19(24)20(25)14-17/h3-7,10,14,16,18,23H,8-9,11-13,15H2,1-2H3,(H,27,29)/t23-/m1/s1. The molecule has 2 aromatic rings. The number of hydrogen-bond donors (Lipinski definition) is 1. The lowest BCUT2D eigenvalue weighted by atomic mass is 9.87. The van der Waals surface area contributed by atoms with Crippen LogP contribution in [0.4, 0.5) is 8.78 Å². The van der Waals surface area contributed by atoms with E-state index >= 15 is 0 Å². The van der Waals surface area contributed by atoms with E-state index < -0.39 is 11.6 Å². The SMILES string of the molecule is CC(C)CC(=O)N[C@@H](c1ccccn1)C1CCN(Cc2ccc(F)c(F)c2)CC1. The number of nitrogens with one attached hydrogen (secondary N) is 1. The maximum Gasteiger partial charge on any atom is 0.220 e. The molecule has 1 saturated heterocycles. The predicted molar refractivity (Wildman–Crippen MR) is 109 cm³/mol. The van der Waals surface area contributed by atoms with Crippen LogP contribution in [0.3, 0.4) is 0 Å². The second kappa shape index (κ2) is 9.92. The Labute approximate surface area is 171 Å². The van der Waals surface area contributed by atoms with Crippen LogP contribution in [0.1, 0.15) is 50.4 Å². The van der Waals surface area contributed by atoms with Crippen LogP contribution in [-0.4, -0.2) is 28.9 Å². The Morgan fingerprint density at radius 2 is 1.93 bits per heavy atom. The average molecular weight is 402 g/mol. The quantitative estimate of drug-likeness (QED) is 0.744. The number of halogens is 2. The predicted octanol–water partition coefficient (Wildman–Crippen LogP) is 4.48. The Balaban J connectivity index is 1.63. The molecule has 0 radical (unpaired) electrons. The first-order valence-corrected chi connectivity index (χ1v) is 10.3. The molecule has 1 aromatic heterocycles. The maximum atomic E-state index is 13.5. The molecule has 2 heterocycles. The Bertz CT molecular complexity index is 805. The van der Waals surface area contributed by atoms with E-state index in [1.165, 1.54) is 12.1 Å². The van der Waals surface area contributed by atoms with Crippen molar-refractivity contribution in [1.82, 2.24) is 15.2 Å². The van der Waals surface area contributed by atoms with E-state index in [9.17, 15) is 13.6 Å². The van der Waals surface area contributed by atoms with Crippen molar-refractivity contribution in [2.24, 2.45) is 11.8 Å². The number of aromatic nitrogens is 1. The van der Waals surface area contributed by atoms with E-state index in [4.69, 9.17) is 0 Å². The molecule has 1 aromatic carbocycles. The number of carbonyl (C=O) groups excluding carboxylic acids is 1. The summed E-state index contributed by atoms with van der Waals surface area (Å²) < 4.78 is 26.6. The Hall–Kier alpha value is -2.34. The summed E-state index contributed by atoms with van der Waals surface area (Å²) in [5.41, 5.74) is 1.66.